The van der Waals surface area contributed by atoms with Gasteiger partial charge in [0.2, 0.25) is 11.8 Å². The van der Waals surface area contributed by atoms with Crippen LogP contribution in [0.25, 0.3) is 0 Å². The lowest BCUT2D eigenvalue weighted by Crippen LogP contribution is -2.38. The number of rotatable bonds is 7. The van der Waals surface area contributed by atoms with Gasteiger partial charge in [-0.2, -0.15) is 0 Å². The van der Waals surface area contributed by atoms with Gasteiger partial charge in [-0.3, -0.25) is 9.59 Å². The van der Waals surface area contributed by atoms with Gasteiger partial charge in [0, 0.05) is 12.1 Å². The number of benzene rings is 2. The zero-order valence-corrected chi connectivity index (χ0v) is 16.5. The van der Waals surface area contributed by atoms with Crippen molar-refractivity contribution in [1.29, 1.82) is 0 Å². The first kappa shape index (κ1) is 19.9. The first-order chi connectivity index (χ1) is 13.6. The van der Waals surface area contributed by atoms with Crippen LogP contribution >= 0.6 is 0 Å². The first-order valence-electron chi connectivity index (χ1n) is 9.97. The predicted octanol–water partition coefficient (Wildman–Crippen LogP) is 4.24. The molecule has 0 fully saturated rings. The molecule has 2 amide bonds. The number of ether oxygens (including phenoxy) is 1. The van der Waals surface area contributed by atoms with Gasteiger partial charge in [0.1, 0.15) is 12.4 Å². The number of nitrogens with one attached hydrogen (secondary N) is 2. The van der Waals surface area contributed by atoms with E-state index < -0.39 is 0 Å². The molecule has 2 N–H and O–H groups in total. The number of fused-ring (bicyclic) bond motifs is 1. The summed E-state index contributed by atoms with van der Waals surface area (Å²) < 4.78 is 5.80. The Morgan fingerprint density at radius 1 is 1.18 bits per heavy atom. The van der Waals surface area contributed by atoms with Crippen molar-refractivity contribution in [2.24, 2.45) is 5.92 Å². The number of anilines is 1. The van der Waals surface area contributed by atoms with Gasteiger partial charge in [-0.15, -0.1) is 0 Å². The third kappa shape index (κ3) is 5.12. The second-order valence-corrected chi connectivity index (χ2v) is 7.33. The van der Waals surface area contributed by atoms with Crippen LogP contribution < -0.4 is 15.4 Å². The van der Waals surface area contributed by atoms with Crippen LogP contribution in [-0.4, -0.2) is 18.4 Å². The third-order valence-electron chi connectivity index (χ3n) is 5.04. The zero-order chi connectivity index (χ0) is 19.9. The number of hydrogen-bond donors (Lipinski definition) is 2. The van der Waals surface area contributed by atoms with Gasteiger partial charge in [-0.05, 0) is 49.1 Å². The fourth-order valence-corrected chi connectivity index (χ4v) is 3.36. The van der Waals surface area contributed by atoms with Crippen LogP contribution in [0.4, 0.5) is 5.69 Å². The molecule has 1 aliphatic rings. The van der Waals surface area contributed by atoms with E-state index in [-0.39, 0.29) is 23.8 Å². The van der Waals surface area contributed by atoms with Crippen molar-refractivity contribution in [2.45, 2.75) is 45.6 Å². The Labute approximate surface area is 166 Å². The van der Waals surface area contributed by atoms with Crippen molar-refractivity contribution >= 4 is 17.5 Å². The summed E-state index contributed by atoms with van der Waals surface area (Å²) in [5, 5.41) is 6.01. The van der Waals surface area contributed by atoms with Gasteiger partial charge in [-0.25, -0.2) is 0 Å². The monoisotopic (exact) mass is 380 g/mol. The molecular formula is C23H28N2O3. The van der Waals surface area contributed by atoms with Crippen LogP contribution in [0, 0.1) is 5.92 Å². The summed E-state index contributed by atoms with van der Waals surface area (Å²) in [5.74, 6) is 0.542. The van der Waals surface area contributed by atoms with Crippen LogP contribution in [0.15, 0.2) is 48.5 Å². The van der Waals surface area contributed by atoms with Gasteiger partial charge in [0.05, 0.1) is 12.0 Å². The molecule has 5 nitrogen and oxygen atoms in total. The van der Waals surface area contributed by atoms with E-state index in [0.29, 0.717) is 19.4 Å². The van der Waals surface area contributed by atoms with Gasteiger partial charge in [0.15, 0.2) is 0 Å². The topological polar surface area (TPSA) is 67.4 Å². The summed E-state index contributed by atoms with van der Waals surface area (Å²) in [5.41, 5.74) is 2.78. The van der Waals surface area contributed by atoms with E-state index in [0.717, 1.165) is 35.4 Å². The van der Waals surface area contributed by atoms with E-state index >= 15 is 0 Å². The summed E-state index contributed by atoms with van der Waals surface area (Å²) in [6, 6.07) is 15.5. The average molecular weight is 380 g/mol. The lowest BCUT2D eigenvalue weighted by Gasteiger charge is -2.26. The van der Waals surface area contributed by atoms with Crippen LogP contribution in [0.5, 0.6) is 5.75 Å². The molecule has 0 saturated heterocycles. The fourth-order valence-electron chi connectivity index (χ4n) is 3.36. The molecule has 3 rings (SSSR count). The fraction of sp³-hybridized carbons (Fsp3) is 0.391. The minimum absolute atomic E-state index is 0.0145. The second-order valence-electron chi connectivity index (χ2n) is 7.33. The van der Waals surface area contributed by atoms with Gasteiger partial charge >= 0.3 is 0 Å². The minimum Gasteiger partial charge on any atom is -0.492 e. The lowest BCUT2D eigenvalue weighted by atomic mass is 9.95. The number of carbonyl (C=O) groups excluding carboxylic acids is 2. The SMILES string of the molecule is CCCCC(=O)Nc1ccc2c(c1)C[C@@H](C(=O)N[C@@H](C)c1ccccc1)CO2. The Kier molecular flexibility index (Phi) is 6.69. The van der Waals surface area contributed by atoms with Crippen molar-refractivity contribution in [3.8, 4) is 5.75 Å². The quantitative estimate of drug-likeness (QED) is 0.755. The van der Waals surface area contributed by atoms with E-state index in [9.17, 15) is 9.59 Å². The maximum absolute atomic E-state index is 12.7. The average Bonchev–Trinajstić information content (AvgIpc) is 2.72. The van der Waals surface area contributed by atoms with Gasteiger partial charge in [-0.1, -0.05) is 43.7 Å². The number of carbonyl (C=O) groups is 2. The summed E-state index contributed by atoms with van der Waals surface area (Å²) >= 11 is 0. The van der Waals surface area contributed by atoms with E-state index in [4.69, 9.17) is 4.74 Å². The number of unbranched alkanes of at least 4 members (excludes halogenated alkanes) is 1. The first-order valence-corrected chi connectivity index (χ1v) is 9.97. The predicted molar refractivity (Wildman–Crippen MR) is 110 cm³/mol. The summed E-state index contributed by atoms with van der Waals surface area (Å²) in [7, 11) is 0. The molecule has 1 aliphatic heterocycles. The Morgan fingerprint density at radius 2 is 1.96 bits per heavy atom. The second kappa shape index (κ2) is 9.40. The number of hydrogen-bond acceptors (Lipinski definition) is 3. The van der Waals surface area contributed by atoms with E-state index in [1.165, 1.54) is 0 Å². The standard InChI is InChI=1S/C23H28N2O3/c1-3-4-10-22(26)25-20-11-12-21-18(14-20)13-19(15-28-21)23(27)24-16(2)17-8-6-5-7-9-17/h5-9,11-12,14,16,19H,3-4,10,13,15H2,1-2H3,(H,24,27)(H,25,26)/t16-,19+/m0/s1. The highest BCUT2D eigenvalue weighted by Gasteiger charge is 2.27. The van der Waals surface area contributed by atoms with E-state index in [2.05, 4.69) is 17.6 Å². The summed E-state index contributed by atoms with van der Waals surface area (Å²) in [4.78, 5) is 24.7. The molecule has 1 heterocycles. The molecule has 0 bridgehead atoms. The van der Waals surface area contributed by atoms with Crippen LogP contribution in [0.3, 0.4) is 0 Å². The Bertz CT molecular complexity index is 820. The van der Waals surface area contributed by atoms with E-state index in [1.807, 2.05) is 55.5 Å². The lowest BCUT2D eigenvalue weighted by molar-refractivity contribution is -0.127. The van der Waals surface area contributed by atoms with Crippen molar-refractivity contribution in [2.75, 3.05) is 11.9 Å². The van der Waals surface area contributed by atoms with Crippen molar-refractivity contribution in [3.63, 3.8) is 0 Å². The van der Waals surface area contributed by atoms with Gasteiger partial charge in [0.25, 0.3) is 0 Å². The Hall–Kier alpha value is -2.82. The highest BCUT2D eigenvalue weighted by Crippen LogP contribution is 2.30. The molecule has 2 aromatic carbocycles. The molecule has 2 atom stereocenters. The summed E-state index contributed by atoms with van der Waals surface area (Å²) in [6.45, 7) is 4.41. The Balaban J connectivity index is 1.61. The molecular weight excluding hydrogens is 352 g/mol. The van der Waals surface area contributed by atoms with Crippen LogP contribution in [0.1, 0.15) is 50.3 Å². The maximum atomic E-state index is 12.7. The molecule has 0 radical (unpaired) electrons. The maximum Gasteiger partial charge on any atom is 0.227 e. The van der Waals surface area contributed by atoms with E-state index in [1.54, 1.807) is 0 Å². The molecule has 0 spiro atoms. The van der Waals surface area contributed by atoms with Crippen molar-refractivity contribution < 1.29 is 14.3 Å². The molecule has 0 aliphatic carbocycles. The summed E-state index contributed by atoms with van der Waals surface area (Å²) in [6.07, 6.45) is 2.99. The third-order valence-corrected chi connectivity index (χ3v) is 5.04. The molecule has 2 aromatic rings. The molecule has 148 valence electrons. The van der Waals surface area contributed by atoms with Gasteiger partial charge < -0.3 is 15.4 Å². The minimum atomic E-state index is -0.246. The zero-order valence-electron chi connectivity index (χ0n) is 16.5. The highest BCUT2D eigenvalue weighted by atomic mass is 16.5. The largest absolute Gasteiger partial charge is 0.492 e. The molecule has 0 aromatic heterocycles. The molecule has 28 heavy (non-hydrogen) atoms. The van der Waals surface area contributed by atoms with Crippen LogP contribution in [-0.2, 0) is 16.0 Å². The number of amides is 2. The smallest absolute Gasteiger partial charge is 0.227 e. The molecule has 0 saturated carbocycles. The Morgan fingerprint density at radius 3 is 2.71 bits per heavy atom. The van der Waals surface area contributed by atoms with Crippen LogP contribution in [0.2, 0.25) is 0 Å². The highest BCUT2D eigenvalue weighted by molar-refractivity contribution is 5.91. The van der Waals surface area contributed by atoms with Crippen molar-refractivity contribution in [1.82, 2.24) is 5.32 Å². The van der Waals surface area contributed by atoms with Crippen molar-refractivity contribution in [3.05, 3.63) is 59.7 Å². The normalized spacial score (nSPS) is 16.4. The molecule has 5 heteroatoms. The molecule has 0 unspecified atom stereocenters.